The fourth-order valence-corrected chi connectivity index (χ4v) is 7.06. The van der Waals surface area contributed by atoms with E-state index in [1.807, 2.05) is 48.5 Å². The Balaban J connectivity index is 0.962. The van der Waals surface area contributed by atoms with E-state index in [1.54, 1.807) is 0 Å². The Bertz CT molecular complexity index is 1840. The molecule has 0 aliphatic carbocycles. The number of nitrogen functional groups attached to an aromatic ring is 2. The highest BCUT2D eigenvalue weighted by Crippen LogP contribution is 2.26. The normalized spacial score (nSPS) is 11.2. The number of nitrogens with two attached hydrogens (primary N) is 2. The van der Waals surface area contributed by atoms with Crippen LogP contribution in [0.2, 0.25) is 0 Å². The number of benzene rings is 6. The molecule has 0 amide bonds. The summed E-state index contributed by atoms with van der Waals surface area (Å²) in [6.07, 6.45) is 6.67. The highest BCUT2D eigenvalue weighted by Gasteiger charge is 2.11. The van der Waals surface area contributed by atoms with Crippen molar-refractivity contribution >= 4 is 11.4 Å². The van der Waals surface area contributed by atoms with Gasteiger partial charge in [-0.25, -0.2) is 0 Å². The van der Waals surface area contributed by atoms with Crippen molar-refractivity contribution in [2.75, 3.05) is 37.6 Å². The number of anilines is 2. The van der Waals surface area contributed by atoms with Gasteiger partial charge in [0, 0.05) is 26.2 Å². The number of nitrogens with zero attached hydrogens (tertiary/aromatic N) is 2. The third kappa shape index (κ3) is 13.6. The Morgan fingerprint density at radius 2 is 0.714 bits per heavy atom. The fraction of sp³-hybridized carbons (Fsp3) is 0.280. The Kier molecular flexibility index (Phi) is 15.8. The first kappa shape index (κ1) is 40.1. The maximum atomic E-state index is 6.44. The van der Waals surface area contributed by atoms with E-state index in [0.717, 1.165) is 74.7 Å². The number of unbranched alkanes of at least 4 members (excludes halogenated alkanes) is 3. The minimum Gasteiger partial charge on any atom is -0.487 e. The van der Waals surface area contributed by atoms with E-state index in [9.17, 15) is 0 Å². The first-order valence-corrected chi connectivity index (χ1v) is 20.2. The Morgan fingerprint density at radius 3 is 1.07 bits per heavy atom. The van der Waals surface area contributed by atoms with Crippen LogP contribution in [0.5, 0.6) is 11.5 Å². The largest absolute Gasteiger partial charge is 0.487 e. The quantitative estimate of drug-likeness (QED) is 0.0502. The predicted molar refractivity (Wildman–Crippen MR) is 233 cm³/mol. The molecule has 4 N–H and O–H groups in total. The second-order valence-corrected chi connectivity index (χ2v) is 14.7. The van der Waals surface area contributed by atoms with E-state index in [4.69, 9.17) is 20.9 Å². The summed E-state index contributed by atoms with van der Waals surface area (Å²) in [5.41, 5.74) is 21.7. The van der Waals surface area contributed by atoms with Gasteiger partial charge in [0.15, 0.2) is 0 Å². The van der Waals surface area contributed by atoms with Gasteiger partial charge in [0.25, 0.3) is 0 Å². The van der Waals surface area contributed by atoms with Gasteiger partial charge in [0.05, 0.1) is 11.4 Å². The zero-order valence-corrected chi connectivity index (χ0v) is 32.8. The summed E-state index contributed by atoms with van der Waals surface area (Å²) in [5.74, 6) is 1.48. The van der Waals surface area contributed by atoms with Gasteiger partial charge >= 0.3 is 0 Å². The minimum absolute atomic E-state index is 0.511. The molecule has 6 aromatic rings. The first-order valence-electron chi connectivity index (χ1n) is 20.2. The zero-order chi connectivity index (χ0) is 38.6. The second kappa shape index (κ2) is 22.1. The molecule has 0 radical (unpaired) electrons. The maximum Gasteiger partial charge on any atom is 0.142 e. The van der Waals surface area contributed by atoms with Gasteiger partial charge in [0.2, 0.25) is 0 Å². The summed E-state index contributed by atoms with van der Waals surface area (Å²) < 4.78 is 12.1. The lowest BCUT2D eigenvalue weighted by Crippen LogP contribution is -2.27. The highest BCUT2D eigenvalue weighted by atomic mass is 16.5. The van der Waals surface area contributed by atoms with Crippen LogP contribution >= 0.6 is 0 Å². The Labute approximate surface area is 334 Å². The number of hydrogen-bond donors (Lipinski definition) is 2. The lowest BCUT2D eigenvalue weighted by atomic mass is 10.1. The zero-order valence-electron chi connectivity index (χ0n) is 32.8. The summed E-state index contributed by atoms with van der Waals surface area (Å²) in [4.78, 5) is 5.19. The lowest BCUT2D eigenvalue weighted by molar-refractivity contribution is 0.250. The van der Waals surface area contributed by atoms with Gasteiger partial charge in [-0.1, -0.05) is 146 Å². The molecular weight excluding hydrogens is 689 g/mol. The molecule has 290 valence electrons. The molecule has 0 unspecified atom stereocenters. The van der Waals surface area contributed by atoms with Crippen molar-refractivity contribution in [3.05, 3.63) is 191 Å². The van der Waals surface area contributed by atoms with Crippen LogP contribution in [0.15, 0.2) is 158 Å². The van der Waals surface area contributed by atoms with Crippen molar-refractivity contribution < 1.29 is 9.47 Å². The molecule has 0 atom stereocenters. The fourth-order valence-electron chi connectivity index (χ4n) is 7.06. The van der Waals surface area contributed by atoms with Crippen molar-refractivity contribution in [2.45, 2.75) is 64.8 Å². The molecule has 56 heavy (non-hydrogen) atoms. The molecule has 0 aliphatic rings. The molecular formula is C50H58N4O2. The maximum absolute atomic E-state index is 6.44. The van der Waals surface area contributed by atoms with E-state index in [1.165, 1.54) is 47.9 Å². The van der Waals surface area contributed by atoms with E-state index in [0.29, 0.717) is 24.6 Å². The molecule has 0 spiro atoms. The van der Waals surface area contributed by atoms with Crippen molar-refractivity contribution in [3.8, 4) is 11.5 Å². The van der Waals surface area contributed by atoms with Crippen LogP contribution in [0.1, 0.15) is 59.1 Å². The minimum atomic E-state index is 0.511. The van der Waals surface area contributed by atoms with E-state index in [2.05, 4.69) is 119 Å². The number of ether oxygens (including phenoxy) is 2. The number of hydrogen-bond acceptors (Lipinski definition) is 6. The Morgan fingerprint density at radius 1 is 0.357 bits per heavy atom. The third-order valence-electron chi connectivity index (χ3n) is 10.3. The summed E-state index contributed by atoms with van der Waals surface area (Å²) in [6.45, 7) is 7.02. The van der Waals surface area contributed by atoms with E-state index in [-0.39, 0.29) is 0 Å². The number of rotatable bonds is 23. The summed E-state index contributed by atoms with van der Waals surface area (Å²) in [7, 11) is 0. The molecule has 6 aromatic carbocycles. The molecule has 0 bridgehead atoms. The molecule has 0 saturated carbocycles. The first-order chi connectivity index (χ1) is 27.6. The van der Waals surface area contributed by atoms with Gasteiger partial charge < -0.3 is 20.9 Å². The summed E-state index contributed by atoms with van der Waals surface area (Å²) >= 11 is 0. The SMILES string of the molecule is Nc1cc(CCN(CCCCCCN(CCc2ccc(OCc3ccccc3)c(N)c2)Cc2ccccc2)Cc2ccccc2)ccc1OCc1ccccc1. The highest BCUT2D eigenvalue weighted by molar-refractivity contribution is 5.55. The second-order valence-electron chi connectivity index (χ2n) is 14.7. The average molecular weight is 747 g/mol. The average Bonchev–Trinajstić information content (AvgIpc) is 3.23. The molecule has 0 saturated heterocycles. The molecule has 0 heterocycles. The molecule has 0 aliphatic heterocycles. The van der Waals surface area contributed by atoms with E-state index >= 15 is 0 Å². The van der Waals surface area contributed by atoms with Gasteiger partial charge in [0.1, 0.15) is 24.7 Å². The monoisotopic (exact) mass is 746 g/mol. The van der Waals surface area contributed by atoms with Crippen LogP contribution < -0.4 is 20.9 Å². The topological polar surface area (TPSA) is 77.0 Å². The molecule has 6 rings (SSSR count). The van der Waals surface area contributed by atoms with Crippen LogP contribution in [0.25, 0.3) is 0 Å². The molecule has 6 heteroatoms. The molecule has 0 fully saturated rings. The van der Waals surface area contributed by atoms with Crippen molar-refractivity contribution in [1.29, 1.82) is 0 Å². The Hall–Kier alpha value is -5.56. The van der Waals surface area contributed by atoms with Crippen molar-refractivity contribution in [1.82, 2.24) is 9.80 Å². The van der Waals surface area contributed by atoms with Gasteiger partial charge in [-0.15, -0.1) is 0 Å². The van der Waals surface area contributed by atoms with Crippen LogP contribution in [0.4, 0.5) is 11.4 Å². The van der Waals surface area contributed by atoms with Gasteiger partial charge in [-0.05, 0) is 96.4 Å². The predicted octanol–water partition coefficient (Wildman–Crippen LogP) is 10.4. The van der Waals surface area contributed by atoms with Crippen LogP contribution in [0, 0.1) is 0 Å². The van der Waals surface area contributed by atoms with Gasteiger partial charge in [-0.3, -0.25) is 9.80 Å². The summed E-state index contributed by atoms with van der Waals surface area (Å²) in [5, 5.41) is 0. The smallest absolute Gasteiger partial charge is 0.142 e. The van der Waals surface area contributed by atoms with Crippen LogP contribution in [-0.4, -0.2) is 36.0 Å². The van der Waals surface area contributed by atoms with Crippen molar-refractivity contribution in [2.24, 2.45) is 0 Å². The standard InChI is InChI=1S/C50H58N4O2/c51-47-35-41(25-27-49(47)55-39-45-21-11-5-12-22-45)29-33-53(37-43-17-7-3-8-18-43)31-15-1-2-16-32-54(38-44-19-9-4-10-20-44)34-30-42-26-28-50(48(52)36-42)56-40-46-23-13-6-14-24-46/h3-14,17-28,35-36H,1-2,15-16,29-34,37-40,51-52H2. The van der Waals surface area contributed by atoms with Crippen molar-refractivity contribution in [3.63, 3.8) is 0 Å². The van der Waals surface area contributed by atoms with E-state index < -0.39 is 0 Å². The lowest BCUT2D eigenvalue weighted by Gasteiger charge is -2.24. The molecule has 0 aromatic heterocycles. The third-order valence-corrected chi connectivity index (χ3v) is 10.3. The van der Waals surface area contributed by atoms with Crippen LogP contribution in [0.3, 0.4) is 0 Å². The summed E-state index contributed by atoms with van der Waals surface area (Å²) in [6, 6.07) is 54.5. The molecule has 6 nitrogen and oxygen atoms in total. The van der Waals surface area contributed by atoms with Gasteiger partial charge in [-0.2, -0.15) is 0 Å². The van der Waals surface area contributed by atoms with Crippen LogP contribution in [-0.2, 0) is 39.1 Å².